The molecule has 1 aromatic carbocycles. The second-order valence-electron chi connectivity index (χ2n) is 6.83. The number of thioether (sulfide) groups is 1. The molecule has 0 spiro atoms. The molecule has 0 aliphatic carbocycles. The zero-order chi connectivity index (χ0) is 22.5. The van der Waals surface area contributed by atoms with Crippen molar-refractivity contribution in [3.63, 3.8) is 0 Å². The summed E-state index contributed by atoms with van der Waals surface area (Å²) in [5.74, 6) is -0.950. The molecule has 0 saturated heterocycles. The van der Waals surface area contributed by atoms with Crippen LogP contribution in [0.2, 0.25) is 0 Å². The van der Waals surface area contributed by atoms with Crippen LogP contribution in [0.1, 0.15) is 35.4 Å². The number of hydrogen-bond acceptors (Lipinski definition) is 8. The van der Waals surface area contributed by atoms with Gasteiger partial charge in [0.15, 0.2) is 5.37 Å². The topological polar surface area (TPSA) is 109 Å². The molecule has 32 heavy (non-hydrogen) atoms. The number of aromatic nitrogens is 1. The number of thiophene rings is 1. The SMILES string of the molecule is CCC(OC(=O)NC(=O)c1ccsc1NC(=O)C1Nc2cnccc2S1)c1ccccc1. The summed E-state index contributed by atoms with van der Waals surface area (Å²) >= 11 is 2.56. The first-order chi connectivity index (χ1) is 15.5. The van der Waals surface area contributed by atoms with Crippen LogP contribution in [0.25, 0.3) is 0 Å². The van der Waals surface area contributed by atoms with E-state index < -0.39 is 23.5 Å². The molecule has 2 unspecified atom stereocenters. The Hall–Kier alpha value is -3.37. The highest BCUT2D eigenvalue weighted by molar-refractivity contribution is 8.01. The number of anilines is 2. The number of imide groups is 1. The molecule has 3 amide bonds. The summed E-state index contributed by atoms with van der Waals surface area (Å²) in [4.78, 5) is 42.6. The molecule has 3 N–H and O–H groups in total. The number of carbonyl (C=O) groups is 3. The zero-order valence-corrected chi connectivity index (χ0v) is 18.7. The smallest absolute Gasteiger partial charge is 0.414 e. The Morgan fingerprint density at radius 2 is 2.00 bits per heavy atom. The summed E-state index contributed by atoms with van der Waals surface area (Å²) in [5.41, 5.74) is 1.82. The molecule has 4 rings (SSSR count). The van der Waals surface area contributed by atoms with Crippen molar-refractivity contribution >= 4 is 51.7 Å². The van der Waals surface area contributed by atoms with Gasteiger partial charge in [-0.1, -0.05) is 49.0 Å². The molecular weight excluding hydrogens is 448 g/mol. The van der Waals surface area contributed by atoms with E-state index in [9.17, 15) is 14.4 Å². The van der Waals surface area contributed by atoms with Gasteiger partial charge >= 0.3 is 6.09 Å². The molecule has 2 atom stereocenters. The van der Waals surface area contributed by atoms with E-state index in [1.165, 1.54) is 23.1 Å². The van der Waals surface area contributed by atoms with Crippen LogP contribution >= 0.6 is 23.1 Å². The molecule has 164 valence electrons. The first-order valence-corrected chi connectivity index (χ1v) is 11.6. The van der Waals surface area contributed by atoms with E-state index in [2.05, 4.69) is 20.9 Å². The van der Waals surface area contributed by atoms with E-state index in [-0.39, 0.29) is 11.5 Å². The van der Waals surface area contributed by atoms with E-state index in [0.717, 1.165) is 16.1 Å². The number of pyridine rings is 1. The number of rotatable bonds is 6. The van der Waals surface area contributed by atoms with E-state index in [0.29, 0.717) is 11.4 Å². The molecule has 1 aliphatic rings. The van der Waals surface area contributed by atoms with Crippen LogP contribution in [0.4, 0.5) is 15.5 Å². The Kier molecular flexibility index (Phi) is 6.72. The molecule has 8 nitrogen and oxygen atoms in total. The highest BCUT2D eigenvalue weighted by Crippen LogP contribution is 2.38. The molecule has 1 aliphatic heterocycles. The van der Waals surface area contributed by atoms with Gasteiger partial charge in [-0.2, -0.15) is 0 Å². The number of nitrogens with one attached hydrogen (secondary N) is 3. The summed E-state index contributed by atoms with van der Waals surface area (Å²) < 4.78 is 5.42. The lowest BCUT2D eigenvalue weighted by Crippen LogP contribution is -2.33. The van der Waals surface area contributed by atoms with Gasteiger partial charge in [-0.05, 0) is 29.5 Å². The van der Waals surface area contributed by atoms with Crippen molar-refractivity contribution in [1.82, 2.24) is 10.3 Å². The summed E-state index contributed by atoms with van der Waals surface area (Å²) in [6.45, 7) is 1.89. The first kappa shape index (κ1) is 21.8. The number of amides is 3. The normalized spacial score (nSPS) is 15.2. The molecule has 0 saturated carbocycles. The lowest BCUT2D eigenvalue weighted by atomic mass is 10.1. The highest BCUT2D eigenvalue weighted by atomic mass is 32.2. The van der Waals surface area contributed by atoms with Gasteiger partial charge in [-0.3, -0.25) is 19.9 Å². The minimum absolute atomic E-state index is 0.190. The lowest BCUT2D eigenvalue weighted by molar-refractivity contribution is -0.115. The average Bonchev–Trinajstić information content (AvgIpc) is 3.45. The number of nitrogens with zero attached hydrogens (tertiary/aromatic N) is 1. The van der Waals surface area contributed by atoms with Gasteiger partial charge < -0.3 is 15.4 Å². The van der Waals surface area contributed by atoms with Gasteiger partial charge in [-0.15, -0.1) is 11.3 Å². The Labute approximate surface area is 192 Å². The highest BCUT2D eigenvalue weighted by Gasteiger charge is 2.29. The molecule has 10 heteroatoms. The molecule has 0 fully saturated rings. The number of ether oxygens (including phenoxy) is 1. The van der Waals surface area contributed by atoms with Crippen molar-refractivity contribution in [2.45, 2.75) is 29.7 Å². The van der Waals surface area contributed by atoms with Gasteiger partial charge in [0.1, 0.15) is 11.1 Å². The van der Waals surface area contributed by atoms with Crippen molar-refractivity contribution in [3.8, 4) is 0 Å². The van der Waals surface area contributed by atoms with Crippen molar-refractivity contribution in [2.75, 3.05) is 10.6 Å². The van der Waals surface area contributed by atoms with Crippen LogP contribution in [0, 0.1) is 0 Å². The van der Waals surface area contributed by atoms with E-state index in [1.54, 1.807) is 23.8 Å². The van der Waals surface area contributed by atoms with Crippen molar-refractivity contribution in [1.29, 1.82) is 0 Å². The maximum absolute atomic E-state index is 12.7. The Morgan fingerprint density at radius 1 is 1.19 bits per heavy atom. The molecule has 0 radical (unpaired) electrons. The fourth-order valence-electron chi connectivity index (χ4n) is 3.15. The minimum Gasteiger partial charge on any atom is -0.441 e. The van der Waals surface area contributed by atoms with Crippen LogP contribution in [-0.2, 0) is 9.53 Å². The third kappa shape index (κ3) is 4.92. The maximum atomic E-state index is 12.7. The molecule has 3 heterocycles. The van der Waals surface area contributed by atoms with Gasteiger partial charge in [0.25, 0.3) is 11.8 Å². The number of carbonyl (C=O) groups excluding carboxylic acids is 3. The average molecular weight is 469 g/mol. The van der Waals surface area contributed by atoms with Crippen LogP contribution in [-0.4, -0.2) is 28.3 Å². The number of fused-ring (bicyclic) bond motifs is 1. The zero-order valence-electron chi connectivity index (χ0n) is 17.0. The third-order valence-corrected chi connectivity index (χ3v) is 6.71. The van der Waals surface area contributed by atoms with Gasteiger partial charge in [-0.25, -0.2) is 4.79 Å². The quantitative estimate of drug-likeness (QED) is 0.483. The Bertz CT molecular complexity index is 1110. The van der Waals surface area contributed by atoms with Crippen LogP contribution in [0.3, 0.4) is 0 Å². The third-order valence-electron chi connectivity index (χ3n) is 4.70. The lowest BCUT2D eigenvalue weighted by Gasteiger charge is -2.16. The Morgan fingerprint density at radius 3 is 2.75 bits per heavy atom. The molecular formula is C22H20N4O4S2. The fraction of sp³-hybridized carbons (Fsp3) is 0.182. The predicted octanol–water partition coefficient (Wildman–Crippen LogP) is 4.64. The van der Waals surface area contributed by atoms with Crippen LogP contribution in [0.5, 0.6) is 0 Å². The van der Waals surface area contributed by atoms with Gasteiger partial charge in [0, 0.05) is 11.1 Å². The first-order valence-electron chi connectivity index (χ1n) is 9.87. The van der Waals surface area contributed by atoms with Gasteiger partial charge in [0.05, 0.1) is 17.4 Å². The van der Waals surface area contributed by atoms with Crippen molar-refractivity contribution < 1.29 is 19.1 Å². The van der Waals surface area contributed by atoms with Gasteiger partial charge in [0.2, 0.25) is 0 Å². The second kappa shape index (κ2) is 9.84. The maximum Gasteiger partial charge on any atom is 0.414 e. The van der Waals surface area contributed by atoms with Crippen LogP contribution < -0.4 is 16.0 Å². The van der Waals surface area contributed by atoms with Crippen molar-refractivity contribution in [3.05, 3.63) is 71.4 Å². The number of alkyl carbamates (subject to hydrolysis) is 1. The largest absolute Gasteiger partial charge is 0.441 e. The van der Waals surface area contributed by atoms with E-state index in [4.69, 9.17) is 4.74 Å². The summed E-state index contributed by atoms with van der Waals surface area (Å²) in [6.07, 6.45) is 2.58. The number of benzene rings is 1. The molecule has 0 bridgehead atoms. The minimum atomic E-state index is -0.842. The number of hydrogen-bond donors (Lipinski definition) is 3. The summed E-state index contributed by atoms with van der Waals surface area (Å²) in [5, 5.41) is 9.57. The molecule has 2 aromatic heterocycles. The fourth-order valence-corrected chi connectivity index (χ4v) is 4.92. The van der Waals surface area contributed by atoms with E-state index in [1.807, 2.05) is 43.3 Å². The predicted molar refractivity (Wildman–Crippen MR) is 124 cm³/mol. The Balaban J connectivity index is 1.36. The standard InChI is InChI=1S/C22H20N4O4S2/c1-2-16(13-6-4-3-5-7-13)30-22(29)26-18(27)14-9-11-31-20(14)25-19(28)21-24-15-12-23-10-8-17(15)32-21/h3-12,16,21,24H,2H2,1H3,(H,25,28)(H,26,27,29). The van der Waals surface area contributed by atoms with Crippen molar-refractivity contribution in [2.24, 2.45) is 0 Å². The summed E-state index contributed by atoms with van der Waals surface area (Å²) in [6, 6.07) is 12.7. The molecule has 3 aromatic rings. The van der Waals surface area contributed by atoms with E-state index >= 15 is 0 Å². The summed E-state index contributed by atoms with van der Waals surface area (Å²) in [7, 11) is 0. The second-order valence-corrected chi connectivity index (χ2v) is 8.90. The van der Waals surface area contributed by atoms with Crippen LogP contribution in [0.15, 0.2) is 65.1 Å². The monoisotopic (exact) mass is 468 g/mol.